The smallest absolute Gasteiger partial charge is 0.157 e. The zero-order valence-corrected chi connectivity index (χ0v) is 10.9. The van der Waals surface area contributed by atoms with Gasteiger partial charge in [0.25, 0.3) is 0 Å². The van der Waals surface area contributed by atoms with Crippen molar-refractivity contribution >= 4 is 16.9 Å². The number of nitrogens with zero attached hydrogens (tertiary/aromatic N) is 1. The molecule has 1 aliphatic carbocycles. The van der Waals surface area contributed by atoms with Crippen molar-refractivity contribution in [2.45, 2.75) is 58.0 Å². The summed E-state index contributed by atoms with van der Waals surface area (Å²) in [5, 5.41) is 4.76. The van der Waals surface area contributed by atoms with Gasteiger partial charge in [-0.1, -0.05) is 32.0 Å². The normalized spacial score (nSPS) is 41.9. The van der Waals surface area contributed by atoms with Gasteiger partial charge in [0.1, 0.15) is 0 Å². The lowest BCUT2D eigenvalue weighted by Gasteiger charge is -2.20. The number of hydrogen-bond donors (Lipinski definition) is 1. The van der Waals surface area contributed by atoms with Gasteiger partial charge in [-0.25, -0.2) is 0 Å². The SMILES string of the molecule is CCCC1CC1N=C1NC(C)(CC)CS1. The summed E-state index contributed by atoms with van der Waals surface area (Å²) >= 11 is 1.90. The molecule has 3 heteroatoms. The Morgan fingerprint density at radius 1 is 1.53 bits per heavy atom. The van der Waals surface area contributed by atoms with Crippen LogP contribution in [-0.2, 0) is 0 Å². The summed E-state index contributed by atoms with van der Waals surface area (Å²) in [5.41, 5.74) is 0.290. The van der Waals surface area contributed by atoms with Gasteiger partial charge in [0.15, 0.2) is 5.17 Å². The van der Waals surface area contributed by atoms with Crippen molar-refractivity contribution in [2.24, 2.45) is 10.9 Å². The first-order chi connectivity index (χ1) is 7.17. The molecule has 0 aromatic rings. The Labute approximate surface area is 97.3 Å². The van der Waals surface area contributed by atoms with E-state index >= 15 is 0 Å². The van der Waals surface area contributed by atoms with Crippen molar-refractivity contribution in [1.29, 1.82) is 0 Å². The zero-order valence-electron chi connectivity index (χ0n) is 10.0. The average molecular weight is 226 g/mol. The maximum Gasteiger partial charge on any atom is 0.157 e. The molecular formula is C12H22N2S. The van der Waals surface area contributed by atoms with Crippen LogP contribution in [0.4, 0.5) is 0 Å². The molecule has 86 valence electrons. The Morgan fingerprint density at radius 2 is 2.33 bits per heavy atom. The molecule has 0 aromatic carbocycles. The van der Waals surface area contributed by atoms with E-state index in [0.29, 0.717) is 11.6 Å². The van der Waals surface area contributed by atoms with Crippen LogP contribution in [0.3, 0.4) is 0 Å². The second-order valence-corrected chi connectivity index (χ2v) is 6.08. The third kappa shape index (κ3) is 2.68. The summed E-state index contributed by atoms with van der Waals surface area (Å²) in [5.74, 6) is 2.06. The molecule has 0 aromatic heterocycles. The largest absolute Gasteiger partial charge is 0.359 e. The second kappa shape index (κ2) is 4.36. The van der Waals surface area contributed by atoms with Gasteiger partial charge in [0.05, 0.1) is 6.04 Å². The van der Waals surface area contributed by atoms with E-state index in [1.165, 1.54) is 36.6 Å². The highest BCUT2D eigenvalue weighted by atomic mass is 32.2. The fourth-order valence-corrected chi connectivity index (χ4v) is 3.30. The molecule has 1 heterocycles. The molecule has 2 nitrogen and oxygen atoms in total. The van der Waals surface area contributed by atoms with E-state index in [1.807, 2.05) is 11.8 Å². The van der Waals surface area contributed by atoms with E-state index in [-0.39, 0.29) is 0 Å². The number of rotatable bonds is 4. The van der Waals surface area contributed by atoms with Crippen molar-refractivity contribution in [2.75, 3.05) is 5.75 Å². The minimum atomic E-state index is 0.290. The van der Waals surface area contributed by atoms with Crippen LogP contribution >= 0.6 is 11.8 Å². The molecule has 0 spiro atoms. The fourth-order valence-electron chi connectivity index (χ4n) is 2.04. The summed E-state index contributed by atoms with van der Waals surface area (Å²) in [7, 11) is 0. The third-order valence-electron chi connectivity index (χ3n) is 3.54. The number of aliphatic imine (C=N–C) groups is 1. The van der Waals surface area contributed by atoms with Crippen molar-refractivity contribution in [3.05, 3.63) is 0 Å². The molecule has 2 rings (SSSR count). The molecule has 2 fully saturated rings. The Bertz CT molecular complexity index is 264. The van der Waals surface area contributed by atoms with E-state index in [0.717, 1.165) is 5.92 Å². The number of nitrogens with one attached hydrogen (secondary N) is 1. The van der Waals surface area contributed by atoms with Crippen LogP contribution in [0.25, 0.3) is 0 Å². The summed E-state index contributed by atoms with van der Waals surface area (Å²) in [6, 6.07) is 0.638. The van der Waals surface area contributed by atoms with E-state index < -0.39 is 0 Å². The Balaban J connectivity index is 1.84. The van der Waals surface area contributed by atoms with Crippen LogP contribution in [0.15, 0.2) is 4.99 Å². The first-order valence-electron chi connectivity index (χ1n) is 6.15. The maximum atomic E-state index is 4.80. The molecule has 3 unspecified atom stereocenters. The monoisotopic (exact) mass is 226 g/mol. The van der Waals surface area contributed by atoms with Gasteiger partial charge in [-0.3, -0.25) is 4.99 Å². The second-order valence-electron chi connectivity index (χ2n) is 5.11. The highest BCUT2D eigenvalue weighted by molar-refractivity contribution is 8.14. The number of amidine groups is 1. The molecule has 1 aliphatic heterocycles. The van der Waals surface area contributed by atoms with Crippen LogP contribution in [0.5, 0.6) is 0 Å². The molecule has 1 saturated carbocycles. The maximum absolute atomic E-state index is 4.80. The van der Waals surface area contributed by atoms with Crippen molar-refractivity contribution in [1.82, 2.24) is 5.32 Å². The fraction of sp³-hybridized carbons (Fsp3) is 0.917. The van der Waals surface area contributed by atoms with E-state index in [9.17, 15) is 0 Å². The predicted molar refractivity (Wildman–Crippen MR) is 68.5 cm³/mol. The number of thioether (sulfide) groups is 1. The summed E-state index contributed by atoms with van der Waals surface area (Å²) in [4.78, 5) is 4.80. The van der Waals surface area contributed by atoms with Gasteiger partial charge in [-0.15, -0.1) is 0 Å². The molecule has 0 bridgehead atoms. The highest BCUT2D eigenvalue weighted by Crippen LogP contribution is 2.39. The van der Waals surface area contributed by atoms with E-state index in [4.69, 9.17) is 4.99 Å². The van der Waals surface area contributed by atoms with Crippen LogP contribution < -0.4 is 5.32 Å². The van der Waals surface area contributed by atoms with Gasteiger partial charge < -0.3 is 5.32 Å². The number of hydrogen-bond acceptors (Lipinski definition) is 2. The molecule has 0 amide bonds. The van der Waals surface area contributed by atoms with Crippen molar-refractivity contribution in [3.63, 3.8) is 0 Å². The molecule has 0 radical (unpaired) electrons. The Hall–Kier alpha value is -0.180. The zero-order chi connectivity index (χ0) is 10.9. The van der Waals surface area contributed by atoms with Gasteiger partial charge in [0.2, 0.25) is 0 Å². The van der Waals surface area contributed by atoms with Crippen LogP contribution in [0, 0.1) is 5.92 Å². The topological polar surface area (TPSA) is 24.4 Å². The van der Waals surface area contributed by atoms with Crippen molar-refractivity contribution in [3.8, 4) is 0 Å². The molecule has 2 aliphatic rings. The standard InChI is InChI=1S/C12H22N2S/c1-4-6-9-7-10(9)13-11-14-12(3,5-2)8-15-11/h9-10H,4-8H2,1-3H3,(H,13,14). The van der Waals surface area contributed by atoms with Gasteiger partial charge in [-0.05, 0) is 32.1 Å². The summed E-state index contributed by atoms with van der Waals surface area (Å²) in [6.45, 7) is 6.80. The molecular weight excluding hydrogens is 204 g/mol. The molecule has 15 heavy (non-hydrogen) atoms. The van der Waals surface area contributed by atoms with E-state index in [2.05, 4.69) is 26.1 Å². The van der Waals surface area contributed by atoms with Gasteiger partial charge >= 0.3 is 0 Å². The highest BCUT2D eigenvalue weighted by Gasteiger charge is 2.38. The van der Waals surface area contributed by atoms with Crippen LogP contribution in [0.1, 0.15) is 46.5 Å². The first kappa shape index (κ1) is 11.3. The van der Waals surface area contributed by atoms with Crippen LogP contribution in [-0.4, -0.2) is 22.5 Å². The summed E-state index contributed by atoms with van der Waals surface area (Å²) < 4.78 is 0. The van der Waals surface area contributed by atoms with Crippen LogP contribution in [0.2, 0.25) is 0 Å². The van der Waals surface area contributed by atoms with Gasteiger partial charge in [-0.2, -0.15) is 0 Å². The third-order valence-corrected chi connectivity index (χ3v) is 4.81. The quantitative estimate of drug-likeness (QED) is 0.797. The molecule has 1 N–H and O–H groups in total. The lowest BCUT2D eigenvalue weighted by atomic mass is 10.0. The lowest BCUT2D eigenvalue weighted by Crippen LogP contribution is -2.39. The van der Waals surface area contributed by atoms with Gasteiger partial charge in [0, 0.05) is 11.3 Å². The van der Waals surface area contributed by atoms with E-state index in [1.54, 1.807) is 0 Å². The van der Waals surface area contributed by atoms with Crippen molar-refractivity contribution < 1.29 is 0 Å². The molecule has 1 saturated heterocycles. The average Bonchev–Trinajstić information content (AvgIpc) is 2.82. The summed E-state index contributed by atoms with van der Waals surface area (Å²) in [6.07, 6.45) is 5.17. The predicted octanol–water partition coefficient (Wildman–Crippen LogP) is 3.04. The minimum absolute atomic E-state index is 0.290. The lowest BCUT2D eigenvalue weighted by molar-refractivity contribution is 0.466. The Kier molecular flexibility index (Phi) is 3.29. The first-order valence-corrected chi connectivity index (χ1v) is 7.14. The Morgan fingerprint density at radius 3 is 2.93 bits per heavy atom. The molecule has 3 atom stereocenters. The minimum Gasteiger partial charge on any atom is -0.359 e.